The summed E-state index contributed by atoms with van der Waals surface area (Å²) < 4.78 is 1.87. The van der Waals surface area contributed by atoms with Gasteiger partial charge in [-0.1, -0.05) is 13.8 Å². The number of carbonyl (C=O) groups is 1. The highest BCUT2D eigenvalue weighted by Gasteiger charge is 2.23. The summed E-state index contributed by atoms with van der Waals surface area (Å²) in [5.41, 5.74) is 0. The number of imidazole rings is 1. The van der Waals surface area contributed by atoms with Gasteiger partial charge in [0, 0.05) is 50.6 Å². The van der Waals surface area contributed by atoms with E-state index in [0.29, 0.717) is 0 Å². The minimum atomic E-state index is 0.0516. The zero-order valence-electron chi connectivity index (χ0n) is 13.8. The average molecular weight is 314 g/mol. The van der Waals surface area contributed by atoms with Crippen LogP contribution in [0.4, 0.5) is 5.82 Å². The fourth-order valence-electron chi connectivity index (χ4n) is 2.75. The fourth-order valence-corrected chi connectivity index (χ4v) is 2.75. The van der Waals surface area contributed by atoms with Crippen LogP contribution in [-0.2, 0) is 4.79 Å². The zero-order chi connectivity index (χ0) is 16.4. The van der Waals surface area contributed by atoms with Gasteiger partial charge in [0.2, 0.25) is 5.91 Å². The molecule has 0 saturated carbocycles. The lowest BCUT2D eigenvalue weighted by Crippen LogP contribution is -2.50. The lowest BCUT2D eigenvalue weighted by molar-refractivity contribution is -0.134. The second-order valence-corrected chi connectivity index (χ2v) is 6.07. The van der Waals surface area contributed by atoms with Crippen LogP contribution in [0.1, 0.15) is 19.7 Å². The number of amides is 1. The first-order valence-corrected chi connectivity index (χ1v) is 7.92. The van der Waals surface area contributed by atoms with Crippen molar-refractivity contribution in [1.82, 2.24) is 24.4 Å². The standard InChI is InChI=1S/C16H22N6O/c1-12(2)16(23)21-8-6-20(7-9-21)14-10-15(19-13(3)18-14)22-5-4-17-11-22/h4-5,10-12H,6-9H2,1-3H3. The van der Waals surface area contributed by atoms with Crippen molar-refractivity contribution in [2.24, 2.45) is 5.92 Å². The first kappa shape index (κ1) is 15.5. The number of carbonyl (C=O) groups excluding carboxylic acids is 1. The summed E-state index contributed by atoms with van der Waals surface area (Å²) in [6.45, 7) is 8.83. The Balaban J connectivity index is 1.75. The van der Waals surface area contributed by atoms with Gasteiger partial charge in [-0.25, -0.2) is 15.0 Å². The van der Waals surface area contributed by atoms with E-state index in [2.05, 4.69) is 19.9 Å². The maximum Gasteiger partial charge on any atom is 0.225 e. The Morgan fingerprint density at radius 3 is 2.43 bits per heavy atom. The Morgan fingerprint density at radius 2 is 1.83 bits per heavy atom. The van der Waals surface area contributed by atoms with E-state index in [4.69, 9.17) is 0 Å². The van der Waals surface area contributed by atoms with Crippen LogP contribution in [0.25, 0.3) is 5.82 Å². The number of hydrogen-bond acceptors (Lipinski definition) is 5. The molecule has 0 N–H and O–H groups in total. The molecule has 23 heavy (non-hydrogen) atoms. The van der Waals surface area contributed by atoms with Crippen molar-refractivity contribution in [3.8, 4) is 5.82 Å². The van der Waals surface area contributed by atoms with Gasteiger partial charge in [-0.2, -0.15) is 0 Å². The molecule has 2 aromatic rings. The van der Waals surface area contributed by atoms with Gasteiger partial charge in [0.1, 0.15) is 23.8 Å². The average Bonchev–Trinajstić information content (AvgIpc) is 3.08. The summed E-state index contributed by atoms with van der Waals surface area (Å²) in [6.07, 6.45) is 5.32. The molecule has 0 spiro atoms. The van der Waals surface area contributed by atoms with Gasteiger partial charge in [-0.3, -0.25) is 9.36 Å². The molecule has 1 fully saturated rings. The van der Waals surface area contributed by atoms with Crippen molar-refractivity contribution < 1.29 is 4.79 Å². The molecule has 0 aromatic carbocycles. The number of rotatable bonds is 3. The summed E-state index contributed by atoms with van der Waals surface area (Å²) in [5.74, 6) is 2.72. The van der Waals surface area contributed by atoms with E-state index >= 15 is 0 Å². The lowest BCUT2D eigenvalue weighted by Gasteiger charge is -2.36. The van der Waals surface area contributed by atoms with E-state index in [1.54, 1.807) is 12.5 Å². The van der Waals surface area contributed by atoms with Crippen molar-refractivity contribution in [2.45, 2.75) is 20.8 Å². The van der Waals surface area contributed by atoms with Crippen LogP contribution in [0.15, 0.2) is 24.8 Å². The number of hydrogen-bond donors (Lipinski definition) is 0. The molecule has 0 unspecified atom stereocenters. The third-order valence-corrected chi connectivity index (χ3v) is 3.99. The van der Waals surface area contributed by atoms with E-state index in [-0.39, 0.29) is 11.8 Å². The normalized spacial score (nSPS) is 15.3. The molecule has 0 atom stereocenters. The largest absolute Gasteiger partial charge is 0.353 e. The molecule has 2 aromatic heterocycles. The second-order valence-electron chi connectivity index (χ2n) is 6.07. The highest BCUT2D eigenvalue weighted by atomic mass is 16.2. The van der Waals surface area contributed by atoms with Crippen molar-refractivity contribution in [3.05, 3.63) is 30.6 Å². The highest BCUT2D eigenvalue weighted by Crippen LogP contribution is 2.18. The Kier molecular flexibility index (Phi) is 4.27. The van der Waals surface area contributed by atoms with E-state index in [0.717, 1.165) is 43.6 Å². The van der Waals surface area contributed by atoms with Crippen LogP contribution in [0.5, 0.6) is 0 Å². The quantitative estimate of drug-likeness (QED) is 0.853. The maximum absolute atomic E-state index is 12.1. The van der Waals surface area contributed by atoms with Gasteiger partial charge in [0.05, 0.1) is 0 Å². The van der Waals surface area contributed by atoms with Gasteiger partial charge in [0.25, 0.3) is 0 Å². The molecule has 1 aliphatic heterocycles. The molecule has 122 valence electrons. The Bertz CT molecular complexity index is 674. The monoisotopic (exact) mass is 314 g/mol. The van der Waals surface area contributed by atoms with Crippen molar-refractivity contribution in [2.75, 3.05) is 31.1 Å². The summed E-state index contributed by atoms with van der Waals surface area (Å²) >= 11 is 0. The van der Waals surface area contributed by atoms with Crippen LogP contribution >= 0.6 is 0 Å². The van der Waals surface area contributed by atoms with E-state index in [9.17, 15) is 4.79 Å². The van der Waals surface area contributed by atoms with E-state index in [1.807, 2.05) is 42.5 Å². The molecule has 1 saturated heterocycles. The third kappa shape index (κ3) is 3.33. The SMILES string of the molecule is Cc1nc(N2CCN(C(=O)C(C)C)CC2)cc(-n2ccnc2)n1. The highest BCUT2D eigenvalue weighted by molar-refractivity contribution is 5.78. The van der Waals surface area contributed by atoms with E-state index in [1.165, 1.54) is 0 Å². The maximum atomic E-state index is 12.1. The molecule has 1 aliphatic rings. The number of piperazine rings is 1. The molecule has 1 amide bonds. The predicted molar refractivity (Wildman–Crippen MR) is 87.5 cm³/mol. The molecule has 3 rings (SSSR count). The van der Waals surface area contributed by atoms with Gasteiger partial charge in [-0.05, 0) is 6.92 Å². The number of nitrogens with zero attached hydrogens (tertiary/aromatic N) is 6. The number of anilines is 1. The molecule has 0 bridgehead atoms. The third-order valence-electron chi connectivity index (χ3n) is 3.99. The summed E-state index contributed by atoms with van der Waals surface area (Å²) in [4.78, 5) is 29.3. The van der Waals surface area contributed by atoms with Gasteiger partial charge < -0.3 is 9.80 Å². The fraction of sp³-hybridized carbons (Fsp3) is 0.500. The first-order chi connectivity index (χ1) is 11.0. The smallest absolute Gasteiger partial charge is 0.225 e. The van der Waals surface area contributed by atoms with Gasteiger partial charge in [0.15, 0.2) is 0 Å². The minimum Gasteiger partial charge on any atom is -0.353 e. The van der Waals surface area contributed by atoms with E-state index < -0.39 is 0 Å². The van der Waals surface area contributed by atoms with Gasteiger partial charge >= 0.3 is 0 Å². The summed E-state index contributed by atoms with van der Waals surface area (Å²) in [5, 5.41) is 0. The minimum absolute atomic E-state index is 0.0516. The number of aryl methyl sites for hydroxylation is 1. The molecule has 3 heterocycles. The number of aromatic nitrogens is 4. The Hall–Kier alpha value is -2.44. The second kappa shape index (κ2) is 6.36. The molecular weight excluding hydrogens is 292 g/mol. The molecule has 7 heteroatoms. The van der Waals surface area contributed by atoms with Crippen LogP contribution in [0, 0.1) is 12.8 Å². The lowest BCUT2D eigenvalue weighted by atomic mass is 10.1. The zero-order valence-corrected chi connectivity index (χ0v) is 13.8. The van der Waals surface area contributed by atoms with Crippen LogP contribution in [-0.4, -0.2) is 56.5 Å². The summed E-state index contributed by atoms with van der Waals surface area (Å²) in [7, 11) is 0. The van der Waals surface area contributed by atoms with Crippen LogP contribution < -0.4 is 4.90 Å². The first-order valence-electron chi connectivity index (χ1n) is 7.92. The predicted octanol–water partition coefficient (Wildman–Crippen LogP) is 1.28. The van der Waals surface area contributed by atoms with Crippen LogP contribution in [0.3, 0.4) is 0 Å². The summed E-state index contributed by atoms with van der Waals surface area (Å²) in [6, 6.07) is 1.97. The van der Waals surface area contributed by atoms with Crippen molar-refractivity contribution >= 4 is 11.7 Å². The van der Waals surface area contributed by atoms with Gasteiger partial charge in [-0.15, -0.1) is 0 Å². The molecule has 0 radical (unpaired) electrons. The molecular formula is C16H22N6O. The Morgan fingerprint density at radius 1 is 1.13 bits per heavy atom. The Labute approximate surface area is 136 Å². The van der Waals surface area contributed by atoms with Crippen molar-refractivity contribution in [3.63, 3.8) is 0 Å². The van der Waals surface area contributed by atoms with Crippen LogP contribution in [0.2, 0.25) is 0 Å². The molecule has 0 aliphatic carbocycles. The van der Waals surface area contributed by atoms with Crippen molar-refractivity contribution in [1.29, 1.82) is 0 Å². The molecule has 7 nitrogen and oxygen atoms in total. The topological polar surface area (TPSA) is 67.2 Å².